The number of fused-ring (bicyclic) bond motifs is 2. The number of hydrogen-bond donors (Lipinski definition) is 4. The normalized spacial score (nSPS) is 11.1. The lowest BCUT2D eigenvalue weighted by atomic mass is 9.94. The zero-order valence-corrected chi connectivity index (χ0v) is 49.2. The van der Waals surface area contributed by atoms with Crippen molar-refractivity contribution in [2.24, 2.45) is 14.1 Å². The highest BCUT2D eigenvalue weighted by molar-refractivity contribution is 5.95. The van der Waals surface area contributed by atoms with Crippen molar-refractivity contribution in [2.45, 2.75) is 40.3 Å². The Bertz CT molecular complexity index is 4000. The van der Waals surface area contributed by atoms with Crippen LogP contribution in [-0.4, -0.2) is 82.2 Å². The van der Waals surface area contributed by atoms with Gasteiger partial charge in [-0.15, -0.1) is 0 Å². The Morgan fingerprint density at radius 1 is 0.422 bits per heavy atom. The van der Waals surface area contributed by atoms with Crippen molar-refractivity contribution in [3.63, 3.8) is 0 Å². The van der Waals surface area contributed by atoms with E-state index in [1.165, 1.54) is 0 Å². The number of rotatable bonds is 17. The fourth-order valence-electron chi connectivity index (χ4n) is 11.1. The number of aryl methyl sites for hydroxylation is 2. The lowest BCUT2D eigenvalue weighted by Gasteiger charge is -2.18. The van der Waals surface area contributed by atoms with Crippen LogP contribution in [0.15, 0.2) is 146 Å². The molecule has 0 aliphatic carbocycles. The molecule has 0 spiro atoms. The molecule has 0 amide bonds. The van der Waals surface area contributed by atoms with Gasteiger partial charge in [-0.2, -0.15) is 9.13 Å². The van der Waals surface area contributed by atoms with Crippen LogP contribution in [0.4, 0.5) is 5.69 Å². The van der Waals surface area contributed by atoms with Crippen LogP contribution in [-0.2, 0) is 40.5 Å². The maximum absolute atomic E-state index is 10.1. The van der Waals surface area contributed by atoms with Gasteiger partial charge in [-0.05, 0) is 93.2 Å². The first-order chi connectivity index (χ1) is 40.2. The van der Waals surface area contributed by atoms with Gasteiger partial charge >= 0.3 is 0 Å². The molecule has 0 atom stereocenters. The van der Waals surface area contributed by atoms with Crippen molar-refractivity contribution >= 4 is 27.2 Å². The monoisotopic (exact) mass is 1120 g/mol. The standard InChI is InChI=1S/C36H39N2O5.C33H33N2O5/c1-22-34-27(15-28(20-39)31(21-40)36(34)43-7)18-32(38(22)4)26-17-30(35(42-6)33(19-26)41-5)24-13-11-23(12-14-24)25-9-8-10-29(16-25)37(2)3;1-20-31-24(13-25(18-36)27(19-37)33(31)40-5)15-29(35(20)2)23-14-26(32(39-4)30(16-23)38-3)22-11-12-28(34-17-22)21-9-7-6-8-10-21/h8-19,39-40H,20-21H2,1-7H3;6-17,36-37H,18-19H2,1-5H3/q2*+1. The number of methoxy groups -OCH3 is 6. The van der Waals surface area contributed by atoms with E-state index in [0.29, 0.717) is 56.8 Å². The Balaban J connectivity index is 0.000000200. The highest BCUT2D eigenvalue weighted by Gasteiger charge is 2.28. The maximum Gasteiger partial charge on any atom is 0.213 e. The summed E-state index contributed by atoms with van der Waals surface area (Å²) in [6.45, 7) is 3.19. The Labute approximate surface area is 485 Å². The molecule has 0 saturated heterocycles. The third-order valence-corrected chi connectivity index (χ3v) is 15.7. The largest absolute Gasteiger partial charge is 0.495 e. The van der Waals surface area contributed by atoms with E-state index >= 15 is 0 Å². The predicted molar refractivity (Wildman–Crippen MR) is 327 cm³/mol. The van der Waals surface area contributed by atoms with Gasteiger partial charge in [0, 0.05) is 85.3 Å². The van der Waals surface area contributed by atoms with Crippen molar-refractivity contribution in [3.8, 4) is 102 Å². The molecule has 0 aliphatic heterocycles. The molecular weight excluding hydrogens is 1040 g/mol. The van der Waals surface area contributed by atoms with E-state index < -0.39 is 0 Å². The van der Waals surface area contributed by atoms with Crippen LogP contribution >= 0.6 is 0 Å². The number of aromatic nitrogens is 3. The summed E-state index contributed by atoms with van der Waals surface area (Å²) in [7, 11) is 17.8. The second kappa shape index (κ2) is 25.4. The van der Waals surface area contributed by atoms with Crippen molar-refractivity contribution < 1.29 is 58.0 Å². The van der Waals surface area contributed by atoms with Gasteiger partial charge in [0.25, 0.3) is 0 Å². The second-order valence-corrected chi connectivity index (χ2v) is 20.3. The molecular formula is C69H72N4O10+2. The number of hydrogen-bond acceptors (Lipinski definition) is 12. The molecule has 0 radical (unpaired) electrons. The number of aliphatic hydroxyl groups is 4. The Kier molecular flexibility index (Phi) is 17.9. The summed E-state index contributed by atoms with van der Waals surface area (Å²) in [5.41, 5.74) is 17.1. The van der Waals surface area contributed by atoms with Crippen molar-refractivity contribution in [1.82, 2.24) is 4.98 Å². The average Bonchev–Trinajstić information content (AvgIpc) is 3.48. The third-order valence-electron chi connectivity index (χ3n) is 15.7. The minimum Gasteiger partial charge on any atom is -0.495 e. The molecule has 10 rings (SSSR count). The van der Waals surface area contributed by atoms with Crippen molar-refractivity contribution in [3.05, 3.63) is 179 Å². The molecule has 0 aliphatic rings. The highest BCUT2D eigenvalue weighted by atomic mass is 16.5. The molecule has 4 N–H and O–H groups in total. The van der Waals surface area contributed by atoms with Crippen LogP contribution in [0.3, 0.4) is 0 Å². The smallest absolute Gasteiger partial charge is 0.213 e. The zero-order valence-electron chi connectivity index (χ0n) is 49.2. The third kappa shape index (κ3) is 11.2. The number of benzene rings is 7. The van der Waals surface area contributed by atoms with Crippen LogP contribution < -0.4 is 42.5 Å². The van der Waals surface area contributed by atoms with Gasteiger partial charge in [0.2, 0.25) is 11.4 Å². The molecule has 3 aromatic heterocycles. The first kappa shape index (κ1) is 58.6. The van der Waals surface area contributed by atoms with Gasteiger partial charge in [0.1, 0.15) is 25.6 Å². The van der Waals surface area contributed by atoms with Crippen LogP contribution in [0.2, 0.25) is 0 Å². The summed E-state index contributed by atoms with van der Waals surface area (Å²) < 4.78 is 39.0. The van der Waals surface area contributed by atoms with E-state index in [4.69, 9.17) is 33.4 Å². The Morgan fingerprint density at radius 2 is 0.880 bits per heavy atom. The summed E-state index contributed by atoms with van der Waals surface area (Å²) in [6.07, 6.45) is 1.85. The summed E-state index contributed by atoms with van der Waals surface area (Å²) >= 11 is 0. The zero-order chi connectivity index (χ0) is 59.2. The van der Waals surface area contributed by atoms with E-state index in [1.807, 2.05) is 115 Å². The molecule has 10 aromatic rings. The summed E-state index contributed by atoms with van der Waals surface area (Å²) in [5, 5.41) is 43.7. The number of anilines is 1. The minimum absolute atomic E-state index is 0.201. The lowest BCUT2D eigenvalue weighted by Crippen LogP contribution is -2.35. The first-order valence-corrected chi connectivity index (χ1v) is 27.1. The number of ether oxygens (including phenoxy) is 6. The van der Waals surface area contributed by atoms with Crippen LogP contribution in [0.25, 0.3) is 88.7 Å². The van der Waals surface area contributed by atoms with E-state index in [9.17, 15) is 20.4 Å². The molecule has 0 saturated carbocycles. The van der Waals surface area contributed by atoms with E-state index in [0.717, 1.165) is 106 Å². The number of pyridine rings is 3. The fraction of sp³-hybridized carbons (Fsp3) is 0.232. The van der Waals surface area contributed by atoms with Gasteiger partial charge in [0.15, 0.2) is 34.4 Å². The Morgan fingerprint density at radius 3 is 1.30 bits per heavy atom. The highest BCUT2D eigenvalue weighted by Crippen LogP contribution is 2.45. The SMILES string of the molecule is COc1cc(-c2cc3cc(CO)c(CO)c(OC)c3c(C)[n+]2C)cc(-c2ccc(-c3cccc(N(C)C)c3)cc2)c1OC.COc1cc(-c2cc3cc(CO)c(CO)c(OC)c3c(C)[n+]2C)cc(-c2ccc(-c3ccccc3)nc2)c1OC. The molecule has 0 unspecified atom stereocenters. The predicted octanol–water partition coefficient (Wildman–Crippen LogP) is 11.4. The molecule has 83 heavy (non-hydrogen) atoms. The average molecular weight is 1120 g/mol. The van der Waals surface area contributed by atoms with Gasteiger partial charge in [0.05, 0.1) is 96.7 Å². The Hall–Kier alpha value is -9.05. The number of nitrogens with zero attached hydrogens (tertiary/aromatic N) is 4. The minimum atomic E-state index is -0.226. The van der Waals surface area contributed by atoms with E-state index in [1.54, 1.807) is 42.7 Å². The summed E-state index contributed by atoms with van der Waals surface area (Å²) in [5.74, 6) is 3.65. The molecule has 426 valence electrons. The molecule has 0 fully saturated rings. The second-order valence-electron chi connectivity index (χ2n) is 20.3. The van der Waals surface area contributed by atoms with Crippen LogP contribution in [0.1, 0.15) is 33.6 Å². The van der Waals surface area contributed by atoms with Crippen molar-refractivity contribution in [1.29, 1.82) is 0 Å². The lowest BCUT2D eigenvalue weighted by molar-refractivity contribution is -0.665. The fourth-order valence-corrected chi connectivity index (χ4v) is 11.1. The van der Waals surface area contributed by atoms with Crippen LogP contribution in [0, 0.1) is 13.8 Å². The molecule has 0 bridgehead atoms. The van der Waals surface area contributed by atoms with Gasteiger partial charge in [-0.25, -0.2) is 0 Å². The molecule has 14 nitrogen and oxygen atoms in total. The van der Waals surface area contributed by atoms with E-state index in [2.05, 4.69) is 86.8 Å². The van der Waals surface area contributed by atoms with E-state index in [-0.39, 0.29) is 26.4 Å². The van der Waals surface area contributed by atoms with Gasteiger partial charge < -0.3 is 53.7 Å². The van der Waals surface area contributed by atoms with Crippen molar-refractivity contribution in [2.75, 3.05) is 61.7 Å². The number of aliphatic hydroxyl groups excluding tert-OH is 4. The quantitative estimate of drug-likeness (QED) is 0.0640. The molecule has 7 aromatic carbocycles. The molecule has 3 heterocycles. The van der Waals surface area contributed by atoms with Gasteiger partial charge in [-0.1, -0.05) is 72.8 Å². The summed E-state index contributed by atoms with van der Waals surface area (Å²) in [6, 6.07) is 47.2. The maximum atomic E-state index is 10.1. The van der Waals surface area contributed by atoms with Crippen LogP contribution in [0.5, 0.6) is 34.5 Å². The first-order valence-electron chi connectivity index (χ1n) is 27.1. The summed E-state index contributed by atoms with van der Waals surface area (Å²) in [4.78, 5) is 6.82. The topological polar surface area (TPSA) is 160 Å². The van der Waals surface area contributed by atoms with Gasteiger partial charge in [-0.3, -0.25) is 4.98 Å². The molecule has 14 heteroatoms.